The largest absolute Gasteiger partial charge is 0.461 e. The standard InChI is InChI=1S/C13H13NO5/c15-13(11-2-1-7-18-9-11)19-8-10-3-5-12(6-4-10)14(16)17/h3-6,11H,1-2,7-8H2. The topological polar surface area (TPSA) is 78.7 Å². The molecule has 6 nitrogen and oxygen atoms in total. The van der Waals surface area contributed by atoms with Crippen LogP contribution in [-0.4, -0.2) is 17.5 Å². The number of rotatable bonds is 4. The van der Waals surface area contributed by atoms with Crippen molar-refractivity contribution in [1.29, 1.82) is 0 Å². The van der Waals surface area contributed by atoms with Gasteiger partial charge in [0.1, 0.15) is 13.2 Å². The summed E-state index contributed by atoms with van der Waals surface area (Å²) in [6, 6.07) is 5.89. The van der Waals surface area contributed by atoms with E-state index in [9.17, 15) is 14.9 Å². The van der Waals surface area contributed by atoms with Crippen molar-refractivity contribution in [2.75, 3.05) is 6.61 Å². The highest BCUT2D eigenvalue weighted by Crippen LogP contribution is 2.19. The zero-order valence-electron chi connectivity index (χ0n) is 10.2. The number of carbonyl (C=O) groups excluding carboxylic acids is 1. The third kappa shape index (κ3) is 3.75. The molecule has 1 aromatic carbocycles. The lowest BCUT2D eigenvalue weighted by Gasteiger charge is -2.18. The molecule has 0 N–H and O–H groups in total. The molecule has 19 heavy (non-hydrogen) atoms. The Morgan fingerprint density at radius 1 is 1.47 bits per heavy atom. The number of nitro groups is 1. The van der Waals surface area contributed by atoms with Gasteiger partial charge in [0.2, 0.25) is 0 Å². The minimum Gasteiger partial charge on any atom is -0.461 e. The van der Waals surface area contributed by atoms with E-state index in [1.54, 1.807) is 12.1 Å². The number of nitro benzene ring substituents is 1. The molecule has 2 rings (SSSR count). The Morgan fingerprint density at radius 3 is 2.79 bits per heavy atom. The molecule has 0 saturated carbocycles. The van der Waals surface area contributed by atoms with Crippen LogP contribution in [0.1, 0.15) is 18.4 Å². The van der Waals surface area contributed by atoms with Crippen molar-refractivity contribution in [1.82, 2.24) is 0 Å². The van der Waals surface area contributed by atoms with Crippen LogP contribution in [0.4, 0.5) is 5.69 Å². The molecule has 0 aliphatic carbocycles. The van der Waals surface area contributed by atoms with Gasteiger partial charge in [-0.2, -0.15) is 0 Å². The number of carbonyl (C=O) groups is 1. The average Bonchev–Trinajstić information content (AvgIpc) is 2.46. The van der Waals surface area contributed by atoms with Crippen molar-refractivity contribution < 1.29 is 19.2 Å². The highest BCUT2D eigenvalue weighted by molar-refractivity contribution is 5.73. The number of esters is 1. The van der Waals surface area contributed by atoms with Crippen LogP contribution < -0.4 is 0 Å². The maximum atomic E-state index is 11.7. The van der Waals surface area contributed by atoms with E-state index in [1.807, 2.05) is 0 Å². The molecule has 6 heteroatoms. The number of benzene rings is 1. The van der Waals surface area contributed by atoms with E-state index in [2.05, 4.69) is 6.61 Å². The van der Waals surface area contributed by atoms with Gasteiger partial charge < -0.3 is 9.47 Å². The second kappa shape index (κ2) is 6.29. The fourth-order valence-electron chi connectivity index (χ4n) is 1.71. The second-order valence-electron chi connectivity index (χ2n) is 4.19. The van der Waals surface area contributed by atoms with Gasteiger partial charge in [-0.25, -0.2) is 0 Å². The fraction of sp³-hybridized carbons (Fsp3) is 0.385. The molecule has 0 aromatic heterocycles. The Bertz CT molecular complexity index is 451. The highest BCUT2D eigenvalue weighted by Gasteiger charge is 2.24. The lowest BCUT2D eigenvalue weighted by atomic mass is 10.0. The van der Waals surface area contributed by atoms with Crippen LogP contribution in [0.25, 0.3) is 0 Å². The molecule has 0 amide bonds. The normalized spacial score (nSPS) is 18.8. The zero-order chi connectivity index (χ0) is 13.7. The van der Waals surface area contributed by atoms with Crippen LogP contribution in [0.15, 0.2) is 24.3 Å². The van der Waals surface area contributed by atoms with Gasteiger partial charge in [0.25, 0.3) is 5.69 Å². The molecule has 1 unspecified atom stereocenters. The first-order chi connectivity index (χ1) is 9.16. The Morgan fingerprint density at radius 2 is 2.21 bits per heavy atom. The van der Waals surface area contributed by atoms with Crippen molar-refractivity contribution in [3.05, 3.63) is 46.6 Å². The van der Waals surface area contributed by atoms with Crippen molar-refractivity contribution >= 4 is 11.7 Å². The number of hydrogen-bond donors (Lipinski definition) is 0. The van der Waals surface area contributed by atoms with E-state index in [4.69, 9.17) is 9.47 Å². The summed E-state index contributed by atoms with van der Waals surface area (Å²) in [6.07, 6.45) is 1.49. The van der Waals surface area contributed by atoms with Crippen LogP contribution in [0, 0.1) is 22.6 Å². The van der Waals surface area contributed by atoms with Gasteiger partial charge in [-0.1, -0.05) is 0 Å². The molecular weight excluding hydrogens is 250 g/mol. The smallest absolute Gasteiger partial charge is 0.312 e. The maximum Gasteiger partial charge on any atom is 0.312 e. The van der Waals surface area contributed by atoms with Crippen LogP contribution in [0.5, 0.6) is 0 Å². The first-order valence-electron chi connectivity index (χ1n) is 5.94. The first-order valence-corrected chi connectivity index (χ1v) is 5.94. The van der Waals surface area contributed by atoms with E-state index in [1.165, 1.54) is 12.1 Å². The fourth-order valence-corrected chi connectivity index (χ4v) is 1.71. The lowest BCUT2D eigenvalue weighted by Crippen LogP contribution is -2.23. The molecule has 100 valence electrons. The van der Waals surface area contributed by atoms with E-state index >= 15 is 0 Å². The van der Waals surface area contributed by atoms with Crippen LogP contribution in [-0.2, 0) is 20.9 Å². The van der Waals surface area contributed by atoms with Crippen LogP contribution in [0.3, 0.4) is 0 Å². The molecule has 0 spiro atoms. The van der Waals surface area contributed by atoms with Crippen molar-refractivity contribution in [2.45, 2.75) is 19.4 Å². The van der Waals surface area contributed by atoms with Gasteiger partial charge in [0.15, 0.2) is 0 Å². The van der Waals surface area contributed by atoms with Crippen molar-refractivity contribution in [3.8, 4) is 0 Å². The molecule has 0 bridgehead atoms. The summed E-state index contributed by atoms with van der Waals surface area (Å²) in [5.74, 6) is -0.815. The van der Waals surface area contributed by atoms with E-state index in [-0.39, 0.29) is 18.3 Å². The minimum absolute atomic E-state index is 0.0115. The van der Waals surface area contributed by atoms with E-state index in [0.717, 1.165) is 6.42 Å². The van der Waals surface area contributed by atoms with E-state index < -0.39 is 10.8 Å². The summed E-state index contributed by atoms with van der Waals surface area (Å²) in [6.45, 7) is 3.30. The second-order valence-corrected chi connectivity index (χ2v) is 4.19. The predicted octanol–water partition coefficient (Wildman–Crippen LogP) is 2.10. The monoisotopic (exact) mass is 263 g/mol. The summed E-state index contributed by atoms with van der Waals surface area (Å²) >= 11 is 0. The molecule has 1 fully saturated rings. The highest BCUT2D eigenvalue weighted by atomic mass is 16.6. The van der Waals surface area contributed by atoms with Gasteiger partial charge in [0, 0.05) is 18.7 Å². The van der Waals surface area contributed by atoms with Crippen LogP contribution >= 0.6 is 0 Å². The summed E-state index contributed by atoms with van der Waals surface area (Å²) in [5, 5.41) is 10.5. The molecule has 1 aliphatic rings. The van der Waals surface area contributed by atoms with Gasteiger partial charge in [-0.05, 0) is 30.5 Å². The predicted molar refractivity (Wildman–Crippen MR) is 64.8 cm³/mol. The summed E-state index contributed by atoms with van der Waals surface area (Å²) in [7, 11) is 0. The molecule has 1 saturated heterocycles. The SMILES string of the molecule is O=C(OCc1ccc([N+](=O)[O-])cc1)C1[C]OCCC1. The molecule has 1 aromatic rings. The Hall–Kier alpha value is -1.95. The summed E-state index contributed by atoms with van der Waals surface area (Å²) < 4.78 is 10.1. The maximum absolute atomic E-state index is 11.7. The van der Waals surface area contributed by atoms with Crippen LogP contribution in [0.2, 0.25) is 0 Å². The van der Waals surface area contributed by atoms with Gasteiger partial charge in [0.05, 0.1) is 10.8 Å². The molecule has 1 atom stereocenters. The Labute approximate surface area is 110 Å². The van der Waals surface area contributed by atoms with Crippen molar-refractivity contribution in [3.63, 3.8) is 0 Å². The Kier molecular flexibility index (Phi) is 4.46. The Balaban J connectivity index is 1.84. The number of nitrogens with zero attached hydrogens (tertiary/aromatic N) is 1. The minimum atomic E-state index is -0.473. The quantitative estimate of drug-likeness (QED) is 0.472. The van der Waals surface area contributed by atoms with Gasteiger partial charge in [-0.15, -0.1) is 0 Å². The lowest BCUT2D eigenvalue weighted by molar-refractivity contribution is -0.384. The number of non-ortho nitro benzene ring substituents is 1. The molecule has 1 heterocycles. The van der Waals surface area contributed by atoms with Gasteiger partial charge in [-0.3, -0.25) is 14.9 Å². The van der Waals surface area contributed by atoms with E-state index in [0.29, 0.717) is 18.6 Å². The summed E-state index contributed by atoms with van der Waals surface area (Å²) in [5.41, 5.74) is 0.716. The third-order valence-electron chi connectivity index (χ3n) is 2.78. The number of ether oxygens (including phenoxy) is 2. The average molecular weight is 263 g/mol. The third-order valence-corrected chi connectivity index (χ3v) is 2.78. The van der Waals surface area contributed by atoms with Crippen molar-refractivity contribution in [2.24, 2.45) is 5.92 Å². The molecule has 2 radical (unpaired) electrons. The molecule has 1 aliphatic heterocycles. The number of hydrogen-bond acceptors (Lipinski definition) is 5. The first kappa shape index (κ1) is 13.5. The summed E-state index contributed by atoms with van der Waals surface area (Å²) in [4.78, 5) is 21.7. The molecular formula is C13H13NO5. The van der Waals surface area contributed by atoms with Gasteiger partial charge >= 0.3 is 5.97 Å². The zero-order valence-corrected chi connectivity index (χ0v) is 10.2.